The molecule has 6 heteroatoms. The molecular formula is C11H24FGeO3Zr-. The Morgan fingerprint density at radius 1 is 1.18 bits per heavy atom. The summed E-state index contributed by atoms with van der Waals surface area (Å²) >= 11 is -1.75. The molecule has 0 unspecified atom stereocenters. The fourth-order valence-electron chi connectivity index (χ4n) is 0.542. The van der Waals surface area contributed by atoms with E-state index in [0.717, 1.165) is 10.8 Å². The number of halogens is 1. The fraction of sp³-hybridized carbons (Fsp3) is 0.636. The third-order valence-electron chi connectivity index (χ3n) is 0.910. The summed E-state index contributed by atoms with van der Waals surface area (Å²) in [6.45, 7) is 5.79. The molecule has 102 valence electrons. The second-order valence-electron chi connectivity index (χ2n) is 2.39. The molecule has 1 rings (SSSR count). The number of hydrogen-bond donors (Lipinski definition) is 3. The van der Waals surface area contributed by atoms with Crippen molar-refractivity contribution in [3.05, 3.63) is 22.6 Å². The molecule has 0 spiro atoms. The van der Waals surface area contributed by atoms with Crippen LogP contribution >= 0.6 is 0 Å². The van der Waals surface area contributed by atoms with E-state index in [4.69, 9.17) is 15.3 Å². The second kappa shape index (κ2) is 30.1. The molecule has 0 fully saturated rings. The number of allylic oxidation sites excluding steroid dienone is 4. The number of rotatable bonds is 1. The molecule has 17 heavy (non-hydrogen) atoms. The van der Waals surface area contributed by atoms with E-state index in [2.05, 4.69) is 6.08 Å². The van der Waals surface area contributed by atoms with Gasteiger partial charge in [0.2, 0.25) is 0 Å². The van der Waals surface area contributed by atoms with E-state index in [0.29, 0.717) is 0 Å². The van der Waals surface area contributed by atoms with Gasteiger partial charge in [0.25, 0.3) is 0 Å². The predicted molar refractivity (Wildman–Crippen MR) is 68.4 cm³/mol. The van der Waals surface area contributed by atoms with E-state index < -0.39 is 15.9 Å². The Balaban J connectivity index is -0.0000000734. The Morgan fingerprint density at radius 3 is 1.65 bits per heavy atom. The van der Waals surface area contributed by atoms with E-state index in [1.54, 1.807) is 20.8 Å². The maximum absolute atomic E-state index is 11.7. The molecule has 0 aliphatic heterocycles. The molecule has 0 heterocycles. The molecule has 0 radical (unpaired) electrons. The van der Waals surface area contributed by atoms with Crippen LogP contribution in [0.15, 0.2) is 16.6 Å². The van der Waals surface area contributed by atoms with E-state index in [-0.39, 0.29) is 46.0 Å². The summed E-state index contributed by atoms with van der Waals surface area (Å²) in [5.74, 6) is 0. The molecule has 0 aromatic rings. The topological polar surface area (TPSA) is 60.7 Å². The third-order valence-corrected chi connectivity index (χ3v) is 2.53. The zero-order valence-corrected chi connectivity index (χ0v) is 16.3. The van der Waals surface area contributed by atoms with Gasteiger partial charge in [0.1, 0.15) is 0 Å². The van der Waals surface area contributed by atoms with Gasteiger partial charge in [-0.05, 0) is 20.8 Å². The van der Waals surface area contributed by atoms with Gasteiger partial charge in [0.15, 0.2) is 0 Å². The maximum atomic E-state index is 11.7. The van der Waals surface area contributed by atoms with Gasteiger partial charge in [-0.15, -0.1) is 0 Å². The van der Waals surface area contributed by atoms with Crippen molar-refractivity contribution in [2.45, 2.75) is 27.2 Å². The molecule has 0 atom stereocenters. The Morgan fingerprint density at radius 2 is 1.53 bits per heavy atom. The maximum Gasteiger partial charge on any atom is 0 e. The quantitative estimate of drug-likeness (QED) is 0.458. The first-order chi connectivity index (χ1) is 7.67. The molecule has 1 aliphatic rings. The molecule has 0 saturated carbocycles. The molecule has 3 N–H and O–H groups in total. The zero-order valence-electron chi connectivity index (χ0n) is 10.9. The minimum absolute atomic E-state index is 0. The van der Waals surface area contributed by atoms with Gasteiger partial charge in [-0.2, -0.15) is 0 Å². The molecule has 3 nitrogen and oxygen atoms in total. The van der Waals surface area contributed by atoms with Crippen LogP contribution in [0.1, 0.15) is 27.2 Å². The van der Waals surface area contributed by atoms with Gasteiger partial charge in [-0.3, -0.25) is 0 Å². The van der Waals surface area contributed by atoms with E-state index in [1.807, 2.05) is 12.2 Å². The summed E-state index contributed by atoms with van der Waals surface area (Å²) in [4.78, 5) is 0. The molecule has 0 aromatic carbocycles. The van der Waals surface area contributed by atoms with Crippen molar-refractivity contribution >= 4 is 15.9 Å². The Hall–Kier alpha value is 0.716. The van der Waals surface area contributed by atoms with Gasteiger partial charge in [0.05, 0.1) is 0 Å². The van der Waals surface area contributed by atoms with Crippen LogP contribution in [0, 0.1) is 6.08 Å². The average Bonchev–Trinajstić information content (AvgIpc) is 2.73. The van der Waals surface area contributed by atoms with Crippen molar-refractivity contribution in [3.63, 3.8) is 0 Å². The molecule has 0 amide bonds. The normalized spacial score (nSPS) is 11.1. The Kier molecular flexibility index (Phi) is 46.6. The SMILES string of the molecule is CCO.CCO.CCO.[F][GeH2][C]1=[C-]CC=C1.[Zr]. The van der Waals surface area contributed by atoms with Crippen molar-refractivity contribution in [1.29, 1.82) is 0 Å². The fourth-order valence-corrected chi connectivity index (χ4v) is 1.58. The van der Waals surface area contributed by atoms with E-state index in [1.165, 1.54) is 0 Å². The number of aliphatic hydroxyl groups is 3. The van der Waals surface area contributed by atoms with Crippen LogP contribution in [-0.2, 0) is 26.2 Å². The van der Waals surface area contributed by atoms with E-state index >= 15 is 0 Å². The first-order valence-corrected chi connectivity index (χ1v) is 7.93. The van der Waals surface area contributed by atoms with Gasteiger partial charge in [-0.1, -0.05) is 0 Å². The van der Waals surface area contributed by atoms with Gasteiger partial charge in [0, 0.05) is 46.0 Å². The van der Waals surface area contributed by atoms with Crippen molar-refractivity contribution in [2.75, 3.05) is 19.8 Å². The smallest absolute Gasteiger partial charge is 0 e. The van der Waals surface area contributed by atoms with Gasteiger partial charge in [-0.25, -0.2) is 0 Å². The number of hydrogen-bond acceptors (Lipinski definition) is 3. The van der Waals surface area contributed by atoms with Crippen LogP contribution in [0.5, 0.6) is 0 Å². The standard InChI is InChI=1S/C5H6FGe.3C2H6O.Zr/c6-7-5-3-1-2-4-5;3*1-2-3;/h1,3H,2,7H2;3*3H,2H2,1H3;/q-1;;;;. The summed E-state index contributed by atoms with van der Waals surface area (Å²) in [5.41, 5.74) is 0. The molecule has 1 aliphatic carbocycles. The second-order valence-corrected chi connectivity index (χ2v) is 4.55. The summed E-state index contributed by atoms with van der Waals surface area (Å²) < 4.78 is 12.6. The van der Waals surface area contributed by atoms with Crippen LogP contribution in [0.3, 0.4) is 0 Å². The Labute approximate surface area is 130 Å². The van der Waals surface area contributed by atoms with Crippen LogP contribution in [0.25, 0.3) is 0 Å². The summed E-state index contributed by atoms with van der Waals surface area (Å²) in [6, 6.07) is 0. The van der Waals surface area contributed by atoms with E-state index in [9.17, 15) is 3.50 Å². The summed E-state index contributed by atoms with van der Waals surface area (Å²) in [7, 11) is 0. The van der Waals surface area contributed by atoms with Crippen LogP contribution < -0.4 is 0 Å². The van der Waals surface area contributed by atoms with Crippen LogP contribution in [0.4, 0.5) is 3.50 Å². The van der Waals surface area contributed by atoms with Gasteiger partial charge < -0.3 is 15.3 Å². The van der Waals surface area contributed by atoms with Crippen LogP contribution in [0.2, 0.25) is 0 Å². The third kappa shape index (κ3) is 38.3. The molecule has 0 saturated heterocycles. The first-order valence-electron chi connectivity index (χ1n) is 5.32. The number of aliphatic hydroxyl groups excluding tert-OH is 3. The summed E-state index contributed by atoms with van der Waals surface area (Å²) in [6.07, 6.45) is 7.55. The molecular weight excluding hydrogens is 363 g/mol. The van der Waals surface area contributed by atoms with Crippen LogP contribution in [-0.4, -0.2) is 51.0 Å². The van der Waals surface area contributed by atoms with Crippen molar-refractivity contribution in [3.8, 4) is 0 Å². The predicted octanol–water partition coefficient (Wildman–Crippen LogP) is 0.680. The van der Waals surface area contributed by atoms with Crippen molar-refractivity contribution in [2.24, 2.45) is 0 Å². The minimum atomic E-state index is -1.75. The molecule has 0 bridgehead atoms. The van der Waals surface area contributed by atoms with Crippen molar-refractivity contribution in [1.82, 2.24) is 0 Å². The largest absolute Gasteiger partial charge is 0 e. The molecule has 0 aromatic heterocycles. The average molecular weight is 387 g/mol. The Bertz CT molecular complexity index is 162. The monoisotopic (exact) mass is 387 g/mol. The van der Waals surface area contributed by atoms with Crippen molar-refractivity contribution < 1.29 is 45.0 Å². The zero-order chi connectivity index (χ0) is 13.2. The minimum Gasteiger partial charge on any atom is 0 e. The van der Waals surface area contributed by atoms with Gasteiger partial charge >= 0.3 is 48.5 Å². The summed E-state index contributed by atoms with van der Waals surface area (Å²) in [5, 5.41) is 22.7. The first kappa shape index (κ1) is 26.3.